The summed E-state index contributed by atoms with van der Waals surface area (Å²) in [6.45, 7) is 1.38. The summed E-state index contributed by atoms with van der Waals surface area (Å²) in [5, 5.41) is 1.97. The fraction of sp³-hybridized carbons (Fsp3) is 0.100. The number of hydrogen-bond acceptors (Lipinski definition) is 2. The van der Waals surface area contributed by atoms with E-state index in [1.807, 2.05) is 30.5 Å². The molecule has 1 aromatic carbocycles. The van der Waals surface area contributed by atoms with Gasteiger partial charge < -0.3 is 9.72 Å². The second kappa shape index (κ2) is 2.94. The van der Waals surface area contributed by atoms with E-state index in [-0.39, 0.29) is 5.97 Å². The number of H-pyrrole nitrogens is 1. The number of aromatic amines is 1. The number of aromatic nitrogens is 1. The molecular formula is C10H9NO2. The van der Waals surface area contributed by atoms with Crippen molar-refractivity contribution in [2.24, 2.45) is 0 Å². The van der Waals surface area contributed by atoms with Crippen molar-refractivity contribution < 1.29 is 9.53 Å². The van der Waals surface area contributed by atoms with E-state index in [1.54, 1.807) is 0 Å². The average molecular weight is 175 g/mol. The molecule has 0 bridgehead atoms. The van der Waals surface area contributed by atoms with Crippen molar-refractivity contribution in [1.29, 1.82) is 0 Å². The number of rotatable bonds is 1. The van der Waals surface area contributed by atoms with E-state index >= 15 is 0 Å². The van der Waals surface area contributed by atoms with Crippen molar-refractivity contribution in [2.45, 2.75) is 6.92 Å². The molecule has 13 heavy (non-hydrogen) atoms. The van der Waals surface area contributed by atoms with Crippen LogP contribution in [0.5, 0.6) is 5.88 Å². The van der Waals surface area contributed by atoms with Gasteiger partial charge in [0.1, 0.15) is 0 Å². The molecule has 3 heteroatoms. The van der Waals surface area contributed by atoms with Crippen LogP contribution in [-0.2, 0) is 4.79 Å². The highest BCUT2D eigenvalue weighted by Gasteiger charge is 2.04. The Balaban J connectivity index is 2.51. The van der Waals surface area contributed by atoms with Crippen LogP contribution in [-0.4, -0.2) is 11.0 Å². The minimum atomic E-state index is -0.312. The first-order valence-corrected chi connectivity index (χ1v) is 4.02. The third kappa shape index (κ3) is 1.40. The lowest BCUT2D eigenvalue weighted by atomic mass is 10.2. The average Bonchev–Trinajstić information content (AvgIpc) is 2.48. The van der Waals surface area contributed by atoms with Gasteiger partial charge in [-0.3, -0.25) is 4.79 Å². The molecule has 0 saturated carbocycles. The maximum absolute atomic E-state index is 10.7. The van der Waals surface area contributed by atoms with E-state index in [2.05, 4.69) is 4.98 Å². The molecule has 1 heterocycles. The number of nitrogens with one attached hydrogen (secondary N) is 1. The summed E-state index contributed by atoms with van der Waals surface area (Å²) < 4.78 is 4.97. The zero-order valence-electron chi connectivity index (χ0n) is 7.20. The molecule has 1 aromatic heterocycles. The minimum absolute atomic E-state index is 0.312. The van der Waals surface area contributed by atoms with Crippen LogP contribution in [0.3, 0.4) is 0 Å². The summed E-state index contributed by atoms with van der Waals surface area (Å²) in [7, 11) is 0. The first-order valence-electron chi connectivity index (χ1n) is 4.02. The topological polar surface area (TPSA) is 42.1 Å². The monoisotopic (exact) mass is 175 g/mol. The van der Waals surface area contributed by atoms with Crippen molar-refractivity contribution in [3.05, 3.63) is 30.5 Å². The Kier molecular flexibility index (Phi) is 1.77. The van der Waals surface area contributed by atoms with Crippen molar-refractivity contribution in [3.8, 4) is 5.88 Å². The Morgan fingerprint density at radius 2 is 2.15 bits per heavy atom. The maximum atomic E-state index is 10.7. The number of hydrogen-bond donors (Lipinski definition) is 1. The largest absolute Gasteiger partial charge is 0.409 e. The molecule has 0 saturated heterocycles. The van der Waals surface area contributed by atoms with Crippen LogP contribution in [0.1, 0.15) is 6.92 Å². The summed E-state index contributed by atoms with van der Waals surface area (Å²) in [6, 6.07) is 7.71. The highest BCUT2D eigenvalue weighted by Crippen LogP contribution is 2.23. The number of fused-ring (bicyclic) bond motifs is 1. The van der Waals surface area contributed by atoms with E-state index in [0.29, 0.717) is 5.88 Å². The predicted octanol–water partition coefficient (Wildman–Crippen LogP) is 2.09. The Morgan fingerprint density at radius 1 is 1.38 bits per heavy atom. The molecule has 0 aliphatic rings. The Labute approximate surface area is 75.3 Å². The van der Waals surface area contributed by atoms with Crippen LogP contribution < -0.4 is 4.74 Å². The standard InChI is InChI=1S/C10H9NO2/c1-7(12)13-10-9-5-3-2-4-8(9)6-11-10/h2-6,11H,1H3. The number of carbonyl (C=O) groups is 1. The molecule has 0 aliphatic carbocycles. The van der Waals surface area contributed by atoms with Gasteiger partial charge in [-0.05, 0) is 6.07 Å². The fourth-order valence-corrected chi connectivity index (χ4v) is 1.28. The summed E-state index contributed by atoms with van der Waals surface area (Å²) in [6.07, 6.45) is 1.81. The first-order chi connectivity index (χ1) is 6.27. The van der Waals surface area contributed by atoms with Gasteiger partial charge in [-0.1, -0.05) is 18.2 Å². The molecule has 2 rings (SSSR count). The van der Waals surface area contributed by atoms with E-state index < -0.39 is 0 Å². The molecule has 0 atom stereocenters. The van der Waals surface area contributed by atoms with Gasteiger partial charge in [-0.2, -0.15) is 0 Å². The number of ether oxygens (including phenoxy) is 1. The van der Waals surface area contributed by atoms with Crippen LogP contribution in [0.4, 0.5) is 0 Å². The molecule has 2 aromatic rings. The zero-order valence-corrected chi connectivity index (χ0v) is 7.20. The molecule has 0 spiro atoms. The molecule has 66 valence electrons. The summed E-state index contributed by atoms with van der Waals surface area (Å²) in [5.41, 5.74) is 0. The van der Waals surface area contributed by atoms with Crippen molar-refractivity contribution in [3.63, 3.8) is 0 Å². The third-order valence-corrected chi connectivity index (χ3v) is 1.81. The molecule has 0 amide bonds. The summed E-state index contributed by atoms with van der Waals surface area (Å²) in [4.78, 5) is 13.6. The molecular weight excluding hydrogens is 166 g/mol. The Bertz CT molecular complexity index is 445. The highest BCUT2D eigenvalue weighted by molar-refractivity contribution is 5.89. The molecule has 0 radical (unpaired) electrons. The third-order valence-electron chi connectivity index (χ3n) is 1.81. The van der Waals surface area contributed by atoms with Gasteiger partial charge in [-0.15, -0.1) is 0 Å². The smallest absolute Gasteiger partial charge is 0.309 e. The second-order valence-corrected chi connectivity index (χ2v) is 2.80. The number of carbonyl (C=O) groups excluding carboxylic acids is 1. The van der Waals surface area contributed by atoms with Gasteiger partial charge in [0.15, 0.2) is 0 Å². The van der Waals surface area contributed by atoms with Gasteiger partial charge in [0.2, 0.25) is 5.88 Å². The van der Waals surface area contributed by atoms with Gasteiger partial charge >= 0.3 is 5.97 Å². The predicted molar refractivity (Wildman–Crippen MR) is 49.6 cm³/mol. The van der Waals surface area contributed by atoms with Gasteiger partial charge in [0.25, 0.3) is 0 Å². The van der Waals surface area contributed by atoms with Gasteiger partial charge in [0.05, 0.1) is 0 Å². The lowest BCUT2D eigenvalue weighted by Crippen LogP contribution is -2.01. The van der Waals surface area contributed by atoms with E-state index in [4.69, 9.17) is 4.74 Å². The Hall–Kier alpha value is -1.77. The van der Waals surface area contributed by atoms with Crippen molar-refractivity contribution in [1.82, 2.24) is 4.98 Å². The van der Waals surface area contributed by atoms with Crippen molar-refractivity contribution >= 4 is 16.7 Å². The lowest BCUT2D eigenvalue weighted by Gasteiger charge is -1.97. The van der Waals surface area contributed by atoms with Crippen molar-refractivity contribution in [2.75, 3.05) is 0 Å². The molecule has 0 unspecified atom stereocenters. The van der Waals surface area contributed by atoms with Crippen LogP contribution in [0.15, 0.2) is 30.5 Å². The number of benzene rings is 1. The van der Waals surface area contributed by atoms with E-state index in [9.17, 15) is 4.79 Å². The Morgan fingerprint density at radius 3 is 2.92 bits per heavy atom. The second-order valence-electron chi connectivity index (χ2n) is 2.80. The van der Waals surface area contributed by atoms with Crippen LogP contribution in [0.2, 0.25) is 0 Å². The molecule has 3 nitrogen and oxygen atoms in total. The van der Waals surface area contributed by atoms with E-state index in [0.717, 1.165) is 10.8 Å². The van der Waals surface area contributed by atoms with Gasteiger partial charge in [-0.25, -0.2) is 0 Å². The first kappa shape index (κ1) is 7.86. The van der Waals surface area contributed by atoms with Crippen LogP contribution >= 0.6 is 0 Å². The highest BCUT2D eigenvalue weighted by atomic mass is 16.5. The molecule has 1 N–H and O–H groups in total. The van der Waals surface area contributed by atoms with Crippen LogP contribution in [0, 0.1) is 0 Å². The minimum Gasteiger partial charge on any atom is -0.409 e. The lowest BCUT2D eigenvalue weighted by molar-refractivity contribution is -0.132. The maximum Gasteiger partial charge on any atom is 0.309 e. The fourth-order valence-electron chi connectivity index (χ4n) is 1.28. The number of esters is 1. The van der Waals surface area contributed by atoms with E-state index in [1.165, 1.54) is 6.92 Å². The summed E-state index contributed by atoms with van der Waals surface area (Å²) >= 11 is 0. The quantitative estimate of drug-likeness (QED) is 0.674. The SMILES string of the molecule is CC(=O)Oc1[nH]cc2ccccc12. The normalized spacial score (nSPS) is 10.2. The van der Waals surface area contributed by atoms with Crippen LogP contribution in [0.25, 0.3) is 10.8 Å². The molecule has 0 aliphatic heterocycles. The zero-order chi connectivity index (χ0) is 9.26. The molecule has 0 fully saturated rings. The van der Waals surface area contributed by atoms with Gasteiger partial charge in [0, 0.05) is 23.9 Å². The summed E-state index contributed by atoms with van der Waals surface area (Å²) in [5.74, 6) is 0.204.